The molecule has 1 aromatic carbocycles. The highest BCUT2D eigenvalue weighted by Gasteiger charge is 2.13. The third-order valence-electron chi connectivity index (χ3n) is 2.63. The summed E-state index contributed by atoms with van der Waals surface area (Å²) in [6.45, 7) is 5.96. The normalized spacial score (nSPS) is 12.2. The number of amides is 1. The summed E-state index contributed by atoms with van der Waals surface area (Å²) in [6.07, 6.45) is 0.941. The molecule has 1 amide bonds. The van der Waals surface area contributed by atoms with Crippen LogP contribution < -0.4 is 5.32 Å². The quantitative estimate of drug-likeness (QED) is 0.845. The van der Waals surface area contributed by atoms with Gasteiger partial charge in [0.1, 0.15) is 0 Å². The van der Waals surface area contributed by atoms with E-state index < -0.39 is 0 Å². The molecule has 0 spiro atoms. The van der Waals surface area contributed by atoms with E-state index in [0.29, 0.717) is 0 Å². The maximum atomic E-state index is 12.0. The van der Waals surface area contributed by atoms with Crippen LogP contribution in [0.1, 0.15) is 34.8 Å². The predicted molar refractivity (Wildman–Crippen MR) is 71.3 cm³/mol. The number of carbonyl (C=O) groups is 1. The smallest absolute Gasteiger partial charge is 0.252 e. The fourth-order valence-corrected chi connectivity index (χ4v) is 2.39. The van der Waals surface area contributed by atoms with E-state index in [1.54, 1.807) is 0 Å². The molecule has 0 saturated heterocycles. The molecule has 0 aliphatic heterocycles. The third kappa shape index (κ3) is 3.34. The Morgan fingerprint density at radius 3 is 2.44 bits per heavy atom. The minimum Gasteiger partial charge on any atom is -0.350 e. The number of hydrogen-bond acceptors (Lipinski definition) is 1. The molecule has 1 atom stereocenters. The first-order valence-corrected chi connectivity index (χ1v) is 6.61. The summed E-state index contributed by atoms with van der Waals surface area (Å²) in [5, 5.41) is 3.91. The number of carbonyl (C=O) groups excluding carboxylic acids is 1. The average molecular weight is 284 g/mol. The van der Waals surface area contributed by atoms with E-state index in [0.717, 1.165) is 28.4 Å². The van der Waals surface area contributed by atoms with Crippen LogP contribution >= 0.6 is 15.9 Å². The monoisotopic (exact) mass is 283 g/mol. The zero-order chi connectivity index (χ0) is 12.1. The summed E-state index contributed by atoms with van der Waals surface area (Å²) >= 11 is 3.37. The van der Waals surface area contributed by atoms with E-state index in [9.17, 15) is 4.79 Å². The van der Waals surface area contributed by atoms with Gasteiger partial charge in [-0.15, -0.1) is 0 Å². The molecule has 0 radical (unpaired) electrons. The fraction of sp³-hybridized carbons (Fsp3) is 0.462. The Labute approximate surface area is 106 Å². The molecular formula is C13H18BrNO. The molecule has 2 nitrogen and oxygen atoms in total. The highest BCUT2D eigenvalue weighted by molar-refractivity contribution is 9.09. The second-order valence-corrected chi connectivity index (χ2v) is 4.91. The first kappa shape index (κ1) is 13.2. The van der Waals surface area contributed by atoms with E-state index in [1.165, 1.54) is 0 Å². The van der Waals surface area contributed by atoms with Gasteiger partial charge in [-0.05, 0) is 38.3 Å². The summed E-state index contributed by atoms with van der Waals surface area (Å²) in [4.78, 5) is 12.0. The van der Waals surface area contributed by atoms with Gasteiger partial charge in [-0.25, -0.2) is 0 Å². The van der Waals surface area contributed by atoms with Gasteiger partial charge in [-0.3, -0.25) is 4.79 Å². The maximum Gasteiger partial charge on any atom is 0.252 e. The molecule has 0 aliphatic rings. The summed E-state index contributed by atoms with van der Waals surface area (Å²) in [6, 6.07) is 6.11. The van der Waals surface area contributed by atoms with E-state index in [-0.39, 0.29) is 11.9 Å². The van der Waals surface area contributed by atoms with Crippen molar-refractivity contribution in [1.29, 1.82) is 0 Å². The minimum atomic E-state index is 0.0315. The number of nitrogens with one attached hydrogen (secondary N) is 1. The Kier molecular flexibility index (Phi) is 5.00. The van der Waals surface area contributed by atoms with Crippen molar-refractivity contribution in [1.82, 2.24) is 5.32 Å². The SMILES string of the molecule is Cc1cccc(C)c1C(=O)NC(C)CCBr. The van der Waals surface area contributed by atoms with Crippen LogP contribution in [0.5, 0.6) is 0 Å². The average Bonchev–Trinajstić information content (AvgIpc) is 2.17. The van der Waals surface area contributed by atoms with Crippen molar-refractivity contribution in [3.63, 3.8) is 0 Å². The largest absolute Gasteiger partial charge is 0.350 e. The molecule has 0 fully saturated rings. The second kappa shape index (κ2) is 6.04. The molecule has 0 saturated carbocycles. The number of rotatable bonds is 4. The molecule has 0 aromatic heterocycles. The zero-order valence-electron chi connectivity index (χ0n) is 10.0. The van der Waals surface area contributed by atoms with Gasteiger partial charge in [0.05, 0.1) is 0 Å². The van der Waals surface area contributed by atoms with Gasteiger partial charge < -0.3 is 5.32 Å². The Morgan fingerprint density at radius 1 is 1.38 bits per heavy atom. The van der Waals surface area contributed by atoms with Crippen LogP contribution in [0, 0.1) is 13.8 Å². The molecule has 16 heavy (non-hydrogen) atoms. The Balaban J connectivity index is 2.80. The zero-order valence-corrected chi connectivity index (χ0v) is 11.6. The molecule has 1 unspecified atom stereocenters. The van der Waals surface area contributed by atoms with Crippen molar-refractivity contribution in [3.8, 4) is 0 Å². The number of aryl methyl sites for hydroxylation is 2. The van der Waals surface area contributed by atoms with Crippen LogP contribution in [0.25, 0.3) is 0 Å². The molecular weight excluding hydrogens is 266 g/mol. The van der Waals surface area contributed by atoms with Gasteiger partial charge in [-0.2, -0.15) is 0 Å². The van der Waals surface area contributed by atoms with Gasteiger partial charge in [-0.1, -0.05) is 34.1 Å². The lowest BCUT2D eigenvalue weighted by atomic mass is 10.0. The number of alkyl halides is 1. The maximum absolute atomic E-state index is 12.0. The van der Waals surface area contributed by atoms with Crippen molar-refractivity contribution in [2.75, 3.05) is 5.33 Å². The molecule has 0 bridgehead atoms. The fourth-order valence-electron chi connectivity index (χ4n) is 1.70. The van der Waals surface area contributed by atoms with Crippen molar-refractivity contribution >= 4 is 21.8 Å². The van der Waals surface area contributed by atoms with E-state index in [1.807, 2.05) is 39.0 Å². The first-order chi connectivity index (χ1) is 7.56. The van der Waals surface area contributed by atoms with Crippen LogP contribution in [0.4, 0.5) is 0 Å². The van der Waals surface area contributed by atoms with E-state index in [4.69, 9.17) is 0 Å². The molecule has 0 heterocycles. The van der Waals surface area contributed by atoms with Gasteiger partial charge in [0.2, 0.25) is 0 Å². The lowest BCUT2D eigenvalue weighted by Crippen LogP contribution is -2.33. The summed E-state index contributed by atoms with van der Waals surface area (Å²) in [5.74, 6) is 0.0315. The van der Waals surface area contributed by atoms with Gasteiger partial charge in [0.25, 0.3) is 5.91 Å². The highest BCUT2D eigenvalue weighted by Crippen LogP contribution is 2.13. The standard InChI is InChI=1S/C13H18BrNO/c1-9-5-4-6-10(2)12(9)13(16)15-11(3)7-8-14/h4-6,11H,7-8H2,1-3H3,(H,15,16). The van der Waals surface area contributed by atoms with Crippen molar-refractivity contribution in [2.24, 2.45) is 0 Å². The van der Waals surface area contributed by atoms with Gasteiger partial charge >= 0.3 is 0 Å². The van der Waals surface area contributed by atoms with Crippen LogP contribution in [0.15, 0.2) is 18.2 Å². The summed E-state index contributed by atoms with van der Waals surface area (Å²) in [5.41, 5.74) is 2.87. The molecule has 0 aliphatic carbocycles. The van der Waals surface area contributed by atoms with Crippen molar-refractivity contribution in [3.05, 3.63) is 34.9 Å². The number of halogens is 1. The van der Waals surface area contributed by atoms with Gasteiger partial charge in [0, 0.05) is 16.9 Å². The van der Waals surface area contributed by atoms with Crippen molar-refractivity contribution < 1.29 is 4.79 Å². The van der Waals surface area contributed by atoms with Crippen LogP contribution in [0.3, 0.4) is 0 Å². The highest BCUT2D eigenvalue weighted by atomic mass is 79.9. The third-order valence-corrected chi connectivity index (χ3v) is 3.09. The van der Waals surface area contributed by atoms with Crippen LogP contribution in [0.2, 0.25) is 0 Å². The lowest BCUT2D eigenvalue weighted by molar-refractivity contribution is 0.0938. The Morgan fingerprint density at radius 2 is 1.94 bits per heavy atom. The molecule has 1 N–H and O–H groups in total. The predicted octanol–water partition coefficient (Wildman–Crippen LogP) is 3.21. The van der Waals surface area contributed by atoms with Crippen LogP contribution in [-0.4, -0.2) is 17.3 Å². The number of hydrogen-bond donors (Lipinski definition) is 1. The van der Waals surface area contributed by atoms with E-state index >= 15 is 0 Å². The summed E-state index contributed by atoms with van der Waals surface area (Å²) in [7, 11) is 0. The molecule has 88 valence electrons. The Bertz CT molecular complexity index is 356. The molecule has 3 heteroatoms. The first-order valence-electron chi connectivity index (χ1n) is 5.49. The topological polar surface area (TPSA) is 29.1 Å². The Hall–Kier alpha value is -0.830. The molecule has 1 aromatic rings. The van der Waals surface area contributed by atoms with E-state index in [2.05, 4.69) is 21.2 Å². The molecule has 1 rings (SSSR count). The van der Waals surface area contributed by atoms with Crippen molar-refractivity contribution in [2.45, 2.75) is 33.2 Å². The van der Waals surface area contributed by atoms with Gasteiger partial charge in [0.15, 0.2) is 0 Å². The second-order valence-electron chi connectivity index (χ2n) is 4.12. The minimum absolute atomic E-state index is 0.0315. The number of benzene rings is 1. The van der Waals surface area contributed by atoms with Crippen LogP contribution in [-0.2, 0) is 0 Å². The lowest BCUT2D eigenvalue weighted by Gasteiger charge is -2.15. The summed E-state index contributed by atoms with van der Waals surface area (Å²) < 4.78 is 0.